The maximum absolute atomic E-state index is 5.69. The van der Waals surface area contributed by atoms with Crippen molar-refractivity contribution in [2.24, 2.45) is 22.6 Å². The molecule has 0 aliphatic heterocycles. The second-order valence-corrected chi connectivity index (χ2v) is 3.26. The fourth-order valence-corrected chi connectivity index (χ4v) is 1.66. The molecular formula is C8H16N2. The minimum absolute atomic E-state index is 0.583. The maximum Gasteiger partial charge on any atom is 0.0965 e. The maximum atomic E-state index is 5.69. The lowest BCUT2D eigenvalue weighted by molar-refractivity contribution is 0.595. The van der Waals surface area contributed by atoms with Gasteiger partial charge in [0, 0.05) is 13.0 Å². The number of nitrogens with zero attached hydrogens (tertiary/aromatic N) is 1. The van der Waals surface area contributed by atoms with E-state index in [1.165, 1.54) is 19.3 Å². The molecule has 2 atom stereocenters. The topological polar surface area (TPSA) is 38.4 Å². The second-order valence-electron chi connectivity index (χ2n) is 3.26. The third kappa shape index (κ3) is 1.49. The predicted octanol–water partition coefficient (Wildman–Crippen LogP) is 1.41. The zero-order valence-corrected chi connectivity index (χ0v) is 6.80. The number of hydrogen-bond acceptors (Lipinski definition) is 1. The van der Waals surface area contributed by atoms with Gasteiger partial charge in [0.25, 0.3) is 0 Å². The van der Waals surface area contributed by atoms with Crippen LogP contribution < -0.4 is 5.73 Å². The van der Waals surface area contributed by atoms with Crippen molar-refractivity contribution in [2.45, 2.75) is 26.2 Å². The van der Waals surface area contributed by atoms with E-state index < -0.39 is 0 Å². The molecule has 0 spiro atoms. The van der Waals surface area contributed by atoms with Gasteiger partial charge in [0.05, 0.1) is 5.84 Å². The molecule has 1 rings (SSSR count). The van der Waals surface area contributed by atoms with Crippen LogP contribution in [-0.4, -0.2) is 12.9 Å². The molecule has 0 bridgehead atoms. The quantitative estimate of drug-likeness (QED) is 0.434. The van der Waals surface area contributed by atoms with Crippen molar-refractivity contribution in [3.05, 3.63) is 0 Å². The van der Waals surface area contributed by atoms with Gasteiger partial charge < -0.3 is 5.73 Å². The zero-order chi connectivity index (χ0) is 7.56. The third-order valence-corrected chi connectivity index (χ3v) is 2.37. The van der Waals surface area contributed by atoms with Gasteiger partial charge in [0.2, 0.25) is 0 Å². The molecule has 1 saturated carbocycles. The molecule has 0 aromatic carbocycles. The summed E-state index contributed by atoms with van der Waals surface area (Å²) in [5.74, 6) is 2.29. The SMILES string of the molecule is CN=C(N)C1CCC(C)C1. The molecule has 0 saturated heterocycles. The Balaban J connectivity index is 2.45. The first-order valence-electron chi connectivity index (χ1n) is 3.96. The van der Waals surface area contributed by atoms with Crippen LogP contribution in [0.1, 0.15) is 26.2 Å². The van der Waals surface area contributed by atoms with Crippen molar-refractivity contribution < 1.29 is 0 Å². The number of amidine groups is 1. The highest BCUT2D eigenvalue weighted by Gasteiger charge is 2.23. The molecule has 0 aromatic rings. The van der Waals surface area contributed by atoms with E-state index in [1.807, 2.05) is 0 Å². The van der Waals surface area contributed by atoms with Crippen LogP contribution in [0.25, 0.3) is 0 Å². The van der Waals surface area contributed by atoms with Crippen molar-refractivity contribution in [1.29, 1.82) is 0 Å². The van der Waals surface area contributed by atoms with Crippen LogP contribution in [0.3, 0.4) is 0 Å². The summed E-state index contributed by atoms with van der Waals surface area (Å²) in [6.07, 6.45) is 3.80. The molecule has 0 heterocycles. The minimum atomic E-state index is 0.583. The van der Waals surface area contributed by atoms with Crippen molar-refractivity contribution >= 4 is 5.84 Å². The normalized spacial score (nSPS) is 34.8. The lowest BCUT2D eigenvalue weighted by Gasteiger charge is -2.06. The predicted molar refractivity (Wildman–Crippen MR) is 44.1 cm³/mol. The summed E-state index contributed by atoms with van der Waals surface area (Å²) < 4.78 is 0. The number of aliphatic imine (C=N–C) groups is 1. The van der Waals surface area contributed by atoms with Crippen molar-refractivity contribution in [1.82, 2.24) is 0 Å². The van der Waals surface area contributed by atoms with Crippen molar-refractivity contribution in [3.63, 3.8) is 0 Å². The molecule has 1 aliphatic rings. The van der Waals surface area contributed by atoms with Gasteiger partial charge in [-0.15, -0.1) is 0 Å². The van der Waals surface area contributed by atoms with E-state index in [2.05, 4.69) is 11.9 Å². The molecule has 10 heavy (non-hydrogen) atoms. The Bertz CT molecular complexity index is 140. The van der Waals surface area contributed by atoms with E-state index in [-0.39, 0.29) is 0 Å². The molecule has 0 radical (unpaired) electrons. The highest BCUT2D eigenvalue weighted by molar-refractivity contribution is 5.82. The fourth-order valence-electron chi connectivity index (χ4n) is 1.66. The molecule has 1 fully saturated rings. The average molecular weight is 140 g/mol. The van der Waals surface area contributed by atoms with Crippen LogP contribution in [0.15, 0.2) is 4.99 Å². The van der Waals surface area contributed by atoms with Crippen molar-refractivity contribution in [2.75, 3.05) is 7.05 Å². The minimum Gasteiger partial charge on any atom is -0.387 e. The highest BCUT2D eigenvalue weighted by Crippen LogP contribution is 2.29. The van der Waals surface area contributed by atoms with Crippen LogP contribution in [0.2, 0.25) is 0 Å². The van der Waals surface area contributed by atoms with E-state index in [9.17, 15) is 0 Å². The molecule has 0 amide bonds. The van der Waals surface area contributed by atoms with E-state index in [0.29, 0.717) is 5.92 Å². The van der Waals surface area contributed by atoms with Gasteiger partial charge in [-0.25, -0.2) is 0 Å². The van der Waals surface area contributed by atoms with Gasteiger partial charge in [-0.1, -0.05) is 6.92 Å². The molecule has 0 aromatic heterocycles. The summed E-state index contributed by atoms with van der Waals surface area (Å²) in [4.78, 5) is 4.00. The first-order chi connectivity index (χ1) is 4.74. The van der Waals surface area contributed by atoms with Gasteiger partial charge >= 0.3 is 0 Å². The van der Waals surface area contributed by atoms with Gasteiger partial charge in [-0.05, 0) is 25.2 Å². The standard InChI is InChI=1S/C8H16N2/c1-6-3-4-7(5-6)8(9)10-2/h6-7H,3-5H2,1-2H3,(H2,9,10). The van der Waals surface area contributed by atoms with Crippen LogP contribution in [0.4, 0.5) is 0 Å². The van der Waals surface area contributed by atoms with Crippen LogP contribution in [0.5, 0.6) is 0 Å². The molecule has 58 valence electrons. The Morgan fingerprint density at radius 3 is 2.60 bits per heavy atom. The lowest BCUT2D eigenvalue weighted by Crippen LogP contribution is -2.21. The summed E-state index contributed by atoms with van der Waals surface area (Å²) in [6, 6.07) is 0. The van der Waals surface area contributed by atoms with Gasteiger partial charge in [-0.2, -0.15) is 0 Å². The van der Waals surface area contributed by atoms with Gasteiger partial charge in [-0.3, -0.25) is 4.99 Å². The first-order valence-corrected chi connectivity index (χ1v) is 3.96. The van der Waals surface area contributed by atoms with E-state index in [0.717, 1.165) is 11.8 Å². The molecule has 1 aliphatic carbocycles. The van der Waals surface area contributed by atoms with Crippen molar-refractivity contribution in [3.8, 4) is 0 Å². The largest absolute Gasteiger partial charge is 0.387 e. The molecular weight excluding hydrogens is 124 g/mol. The smallest absolute Gasteiger partial charge is 0.0965 e. The summed E-state index contributed by atoms with van der Waals surface area (Å²) in [6.45, 7) is 2.28. The molecule has 2 nitrogen and oxygen atoms in total. The zero-order valence-electron chi connectivity index (χ0n) is 6.80. The van der Waals surface area contributed by atoms with E-state index in [1.54, 1.807) is 7.05 Å². The third-order valence-electron chi connectivity index (χ3n) is 2.37. The number of hydrogen-bond donors (Lipinski definition) is 1. The highest BCUT2D eigenvalue weighted by atomic mass is 14.8. The summed E-state index contributed by atoms with van der Waals surface area (Å²) in [7, 11) is 1.78. The van der Waals surface area contributed by atoms with Crippen LogP contribution in [-0.2, 0) is 0 Å². The van der Waals surface area contributed by atoms with E-state index in [4.69, 9.17) is 5.73 Å². The summed E-state index contributed by atoms with van der Waals surface area (Å²) >= 11 is 0. The second kappa shape index (κ2) is 3.04. The number of rotatable bonds is 1. The Hall–Kier alpha value is -0.530. The Morgan fingerprint density at radius 2 is 2.20 bits per heavy atom. The molecule has 2 heteroatoms. The average Bonchev–Trinajstić information content (AvgIpc) is 2.34. The number of nitrogens with two attached hydrogens (primary N) is 1. The van der Waals surface area contributed by atoms with Gasteiger partial charge in [0.1, 0.15) is 0 Å². The Morgan fingerprint density at radius 1 is 1.50 bits per heavy atom. The van der Waals surface area contributed by atoms with Gasteiger partial charge in [0.15, 0.2) is 0 Å². The monoisotopic (exact) mass is 140 g/mol. The molecule has 2 N–H and O–H groups in total. The summed E-state index contributed by atoms with van der Waals surface area (Å²) in [5.41, 5.74) is 5.69. The van der Waals surface area contributed by atoms with Crippen LogP contribution >= 0.6 is 0 Å². The lowest BCUT2D eigenvalue weighted by atomic mass is 10.1. The Kier molecular flexibility index (Phi) is 2.30. The summed E-state index contributed by atoms with van der Waals surface area (Å²) in [5, 5.41) is 0. The van der Waals surface area contributed by atoms with E-state index >= 15 is 0 Å². The first kappa shape index (κ1) is 7.58. The fraction of sp³-hybridized carbons (Fsp3) is 0.875. The Labute approximate surface area is 62.5 Å². The molecule has 2 unspecified atom stereocenters. The van der Waals surface area contributed by atoms with Crippen LogP contribution in [0, 0.1) is 11.8 Å².